The van der Waals surface area contributed by atoms with E-state index < -0.39 is 0 Å². The maximum atomic E-state index is 11.9. The van der Waals surface area contributed by atoms with E-state index in [-0.39, 0.29) is 12.5 Å². The Kier molecular flexibility index (Phi) is 6.78. The van der Waals surface area contributed by atoms with Crippen LogP contribution in [0.3, 0.4) is 0 Å². The molecule has 0 fully saturated rings. The molecule has 0 unspecified atom stereocenters. The van der Waals surface area contributed by atoms with Gasteiger partial charge in [0.2, 0.25) is 0 Å². The molecular weight excluding hydrogens is 350 g/mol. The summed E-state index contributed by atoms with van der Waals surface area (Å²) >= 11 is 5.83. The highest BCUT2D eigenvalue weighted by atomic mass is 35.5. The van der Waals surface area contributed by atoms with E-state index in [9.17, 15) is 4.79 Å². The lowest BCUT2D eigenvalue weighted by Gasteiger charge is -2.09. The Bertz CT molecular complexity index is 731. The van der Waals surface area contributed by atoms with Crippen LogP contribution in [0.4, 0.5) is 0 Å². The summed E-state index contributed by atoms with van der Waals surface area (Å²) in [5.41, 5.74) is 2.76. The highest BCUT2D eigenvalue weighted by Gasteiger charge is 2.11. The van der Waals surface area contributed by atoms with Crippen LogP contribution >= 0.6 is 11.6 Å². The Balaban J connectivity index is 1.25. The minimum atomic E-state index is -0.0934. The Labute approximate surface area is 159 Å². The number of carbonyl (C=O) groups excluding carboxylic acids is 1. The molecule has 0 radical (unpaired) electrons. The van der Waals surface area contributed by atoms with Gasteiger partial charge in [0.1, 0.15) is 11.5 Å². The normalized spacial score (nSPS) is 12.5. The molecule has 138 valence electrons. The molecule has 0 bridgehead atoms. The Morgan fingerprint density at radius 1 is 0.962 bits per heavy atom. The third-order valence-electron chi connectivity index (χ3n) is 4.42. The Morgan fingerprint density at radius 3 is 2.58 bits per heavy atom. The standard InChI is InChI=1S/C21H24ClNO3/c22-18-7-10-19(11-8-18)25-13-2-1-12-23-21(24)15-26-20-9-6-16-4-3-5-17(16)14-20/h6-11,14H,1-5,12-13,15H2,(H,23,24). The third kappa shape index (κ3) is 5.67. The summed E-state index contributed by atoms with van der Waals surface area (Å²) in [6.07, 6.45) is 5.20. The van der Waals surface area contributed by atoms with Gasteiger partial charge in [0.15, 0.2) is 6.61 Å². The zero-order chi connectivity index (χ0) is 18.2. The van der Waals surface area contributed by atoms with Crippen molar-refractivity contribution in [1.82, 2.24) is 5.32 Å². The van der Waals surface area contributed by atoms with Gasteiger partial charge < -0.3 is 14.8 Å². The number of halogens is 1. The number of hydrogen-bond donors (Lipinski definition) is 1. The van der Waals surface area contributed by atoms with E-state index >= 15 is 0 Å². The lowest BCUT2D eigenvalue weighted by atomic mass is 10.1. The average Bonchev–Trinajstić information content (AvgIpc) is 3.12. The van der Waals surface area contributed by atoms with E-state index in [1.54, 1.807) is 12.1 Å². The molecule has 2 aromatic carbocycles. The first-order chi connectivity index (χ1) is 12.7. The zero-order valence-corrected chi connectivity index (χ0v) is 15.6. The van der Waals surface area contributed by atoms with Crippen LogP contribution in [0.5, 0.6) is 11.5 Å². The summed E-state index contributed by atoms with van der Waals surface area (Å²) < 4.78 is 11.2. The summed E-state index contributed by atoms with van der Waals surface area (Å²) in [5.74, 6) is 1.49. The SMILES string of the molecule is O=C(COc1ccc2c(c1)CCC2)NCCCCOc1ccc(Cl)cc1. The van der Waals surface area contributed by atoms with Crippen LogP contribution in [0.2, 0.25) is 5.02 Å². The molecule has 1 aliphatic carbocycles. The van der Waals surface area contributed by atoms with Crippen LogP contribution in [-0.2, 0) is 17.6 Å². The number of unbranched alkanes of at least 4 members (excludes halogenated alkanes) is 1. The van der Waals surface area contributed by atoms with E-state index in [4.69, 9.17) is 21.1 Å². The van der Waals surface area contributed by atoms with Crippen molar-refractivity contribution in [3.05, 3.63) is 58.6 Å². The van der Waals surface area contributed by atoms with Gasteiger partial charge in [-0.1, -0.05) is 17.7 Å². The molecule has 1 amide bonds. The topological polar surface area (TPSA) is 47.6 Å². The first kappa shape index (κ1) is 18.6. The van der Waals surface area contributed by atoms with Crippen molar-refractivity contribution in [3.8, 4) is 11.5 Å². The van der Waals surface area contributed by atoms with Crippen molar-refractivity contribution in [2.75, 3.05) is 19.8 Å². The lowest BCUT2D eigenvalue weighted by molar-refractivity contribution is -0.123. The Morgan fingerprint density at radius 2 is 1.73 bits per heavy atom. The van der Waals surface area contributed by atoms with Gasteiger partial charge in [-0.15, -0.1) is 0 Å². The molecule has 4 nitrogen and oxygen atoms in total. The van der Waals surface area contributed by atoms with Crippen LogP contribution in [0, 0.1) is 0 Å². The van der Waals surface area contributed by atoms with E-state index in [1.165, 1.54) is 17.5 Å². The number of amides is 1. The molecule has 0 spiro atoms. The highest BCUT2D eigenvalue weighted by molar-refractivity contribution is 6.30. The summed E-state index contributed by atoms with van der Waals surface area (Å²) in [6, 6.07) is 13.4. The number of ether oxygens (including phenoxy) is 2. The first-order valence-electron chi connectivity index (χ1n) is 9.10. The summed E-state index contributed by atoms with van der Waals surface area (Å²) in [5, 5.41) is 3.57. The second-order valence-corrected chi connectivity index (χ2v) is 6.87. The number of carbonyl (C=O) groups is 1. The molecule has 0 aliphatic heterocycles. The fourth-order valence-corrected chi connectivity index (χ4v) is 3.14. The minimum absolute atomic E-state index is 0.0556. The number of hydrogen-bond acceptors (Lipinski definition) is 3. The van der Waals surface area contributed by atoms with Gasteiger partial charge in [-0.3, -0.25) is 4.79 Å². The second-order valence-electron chi connectivity index (χ2n) is 6.43. The van der Waals surface area contributed by atoms with Crippen LogP contribution < -0.4 is 14.8 Å². The average molecular weight is 374 g/mol. The maximum Gasteiger partial charge on any atom is 0.257 e. The van der Waals surface area contributed by atoms with Crippen molar-refractivity contribution < 1.29 is 14.3 Å². The second kappa shape index (κ2) is 9.48. The largest absolute Gasteiger partial charge is 0.494 e. The number of aryl methyl sites for hydroxylation is 2. The molecule has 0 saturated carbocycles. The molecule has 5 heteroatoms. The molecule has 3 rings (SSSR count). The molecule has 0 aromatic heterocycles. The number of rotatable bonds is 9. The molecule has 2 aromatic rings. The minimum Gasteiger partial charge on any atom is -0.494 e. The number of fused-ring (bicyclic) bond motifs is 1. The van der Waals surface area contributed by atoms with Crippen molar-refractivity contribution in [1.29, 1.82) is 0 Å². The van der Waals surface area contributed by atoms with E-state index in [1.807, 2.05) is 18.2 Å². The molecule has 0 atom stereocenters. The van der Waals surface area contributed by atoms with Gasteiger partial charge in [-0.25, -0.2) is 0 Å². The van der Waals surface area contributed by atoms with Crippen LogP contribution in [-0.4, -0.2) is 25.7 Å². The summed E-state index contributed by atoms with van der Waals surface area (Å²) in [4.78, 5) is 11.9. The van der Waals surface area contributed by atoms with Crippen LogP contribution in [0.25, 0.3) is 0 Å². The van der Waals surface area contributed by atoms with Gasteiger partial charge >= 0.3 is 0 Å². The van der Waals surface area contributed by atoms with E-state index in [0.29, 0.717) is 18.2 Å². The lowest BCUT2D eigenvalue weighted by Crippen LogP contribution is -2.29. The van der Waals surface area contributed by atoms with Gasteiger partial charge in [-0.2, -0.15) is 0 Å². The van der Waals surface area contributed by atoms with Gasteiger partial charge in [0, 0.05) is 11.6 Å². The smallest absolute Gasteiger partial charge is 0.257 e. The predicted octanol–water partition coefficient (Wildman–Crippen LogP) is 4.18. The van der Waals surface area contributed by atoms with Gasteiger partial charge in [0.05, 0.1) is 6.61 Å². The molecule has 0 heterocycles. The number of benzene rings is 2. The molecule has 1 aliphatic rings. The highest BCUT2D eigenvalue weighted by Crippen LogP contribution is 2.25. The Hall–Kier alpha value is -2.20. The van der Waals surface area contributed by atoms with E-state index in [2.05, 4.69) is 17.4 Å². The zero-order valence-electron chi connectivity index (χ0n) is 14.8. The fourth-order valence-electron chi connectivity index (χ4n) is 3.01. The maximum absolute atomic E-state index is 11.9. The summed E-state index contributed by atoms with van der Waals surface area (Å²) in [6.45, 7) is 1.29. The van der Waals surface area contributed by atoms with E-state index in [0.717, 1.165) is 37.2 Å². The van der Waals surface area contributed by atoms with Crippen molar-refractivity contribution in [3.63, 3.8) is 0 Å². The van der Waals surface area contributed by atoms with Crippen molar-refractivity contribution >= 4 is 17.5 Å². The molecular formula is C21H24ClNO3. The quantitative estimate of drug-likeness (QED) is 0.670. The monoisotopic (exact) mass is 373 g/mol. The molecule has 26 heavy (non-hydrogen) atoms. The van der Waals surface area contributed by atoms with Crippen LogP contribution in [0.15, 0.2) is 42.5 Å². The summed E-state index contributed by atoms with van der Waals surface area (Å²) in [7, 11) is 0. The van der Waals surface area contributed by atoms with Gasteiger partial charge in [-0.05, 0) is 79.6 Å². The number of nitrogens with one attached hydrogen (secondary N) is 1. The predicted molar refractivity (Wildman–Crippen MR) is 103 cm³/mol. The molecule has 1 N–H and O–H groups in total. The first-order valence-corrected chi connectivity index (χ1v) is 9.48. The van der Waals surface area contributed by atoms with Crippen LogP contribution in [0.1, 0.15) is 30.4 Å². The van der Waals surface area contributed by atoms with Crippen molar-refractivity contribution in [2.24, 2.45) is 0 Å². The fraction of sp³-hybridized carbons (Fsp3) is 0.381. The molecule has 0 saturated heterocycles. The van der Waals surface area contributed by atoms with Crippen molar-refractivity contribution in [2.45, 2.75) is 32.1 Å². The third-order valence-corrected chi connectivity index (χ3v) is 4.67. The van der Waals surface area contributed by atoms with Gasteiger partial charge in [0.25, 0.3) is 5.91 Å².